The van der Waals surface area contributed by atoms with E-state index in [1.165, 1.54) is 0 Å². The van der Waals surface area contributed by atoms with Gasteiger partial charge in [0.05, 0.1) is 23.6 Å². The number of carbonyl (C=O) groups excluding carboxylic acids is 1. The fraction of sp³-hybridized carbons (Fsp3) is 0.417. The van der Waals surface area contributed by atoms with Crippen LogP contribution in [0.4, 0.5) is 0 Å². The lowest BCUT2D eigenvalue weighted by Crippen LogP contribution is -2.06. The number of carbonyl (C=O) groups is 1. The number of hydrogen-bond donors (Lipinski definition) is 0. The molecular formula is C12H15O3Si. The van der Waals surface area contributed by atoms with Crippen LogP contribution in [0.25, 0.3) is 0 Å². The van der Waals surface area contributed by atoms with Gasteiger partial charge in [-0.25, -0.2) is 0 Å². The molecule has 0 fully saturated rings. The standard InChI is InChI=1S/C12H15O3Si/c1-7-8(2)12(15-6-16)11(14-4)9(3)10(7)5-13/h5H,6H2,1-4H3. The van der Waals surface area contributed by atoms with Crippen molar-refractivity contribution in [3.8, 4) is 11.5 Å². The molecule has 1 rings (SSSR count). The lowest BCUT2D eigenvalue weighted by Gasteiger charge is -2.18. The summed E-state index contributed by atoms with van der Waals surface area (Å²) in [5.74, 6) is 1.32. The average molecular weight is 235 g/mol. The average Bonchev–Trinajstić information content (AvgIpc) is 2.27. The maximum absolute atomic E-state index is 11.0. The summed E-state index contributed by atoms with van der Waals surface area (Å²) >= 11 is 0. The summed E-state index contributed by atoms with van der Waals surface area (Å²) in [6, 6.07) is 0. The molecule has 1 aromatic rings. The Hall–Kier alpha value is -1.29. The van der Waals surface area contributed by atoms with Gasteiger partial charge >= 0.3 is 0 Å². The van der Waals surface area contributed by atoms with Crippen LogP contribution in [-0.4, -0.2) is 29.9 Å². The maximum Gasteiger partial charge on any atom is 0.164 e. The Balaban J connectivity index is 3.56. The van der Waals surface area contributed by atoms with E-state index >= 15 is 0 Å². The molecule has 4 heteroatoms. The van der Waals surface area contributed by atoms with E-state index in [-0.39, 0.29) is 0 Å². The van der Waals surface area contributed by atoms with E-state index in [1.54, 1.807) is 7.11 Å². The minimum atomic E-state index is 0.385. The molecule has 0 amide bonds. The zero-order chi connectivity index (χ0) is 12.3. The topological polar surface area (TPSA) is 35.5 Å². The number of aldehydes is 1. The molecule has 3 radical (unpaired) electrons. The molecule has 0 bridgehead atoms. The van der Waals surface area contributed by atoms with Gasteiger partial charge in [0, 0.05) is 11.1 Å². The summed E-state index contributed by atoms with van der Waals surface area (Å²) in [5, 5.41) is 0. The lowest BCUT2D eigenvalue weighted by molar-refractivity contribution is 0.112. The fourth-order valence-corrected chi connectivity index (χ4v) is 1.93. The van der Waals surface area contributed by atoms with Crippen molar-refractivity contribution in [2.75, 3.05) is 13.3 Å². The van der Waals surface area contributed by atoms with E-state index < -0.39 is 0 Å². The van der Waals surface area contributed by atoms with Gasteiger partial charge in [-0.15, -0.1) is 0 Å². The molecule has 0 unspecified atom stereocenters. The van der Waals surface area contributed by atoms with Gasteiger partial charge in [-0.1, -0.05) is 0 Å². The molecule has 0 aliphatic carbocycles. The van der Waals surface area contributed by atoms with Crippen molar-refractivity contribution in [3.63, 3.8) is 0 Å². The third-order valence-electron chi connectivity index (χ3n) is 2.80. The largest absolute Gasteiger partial charge is 0.494 e. The molecule has 3 nitrogen and oxygen atoms in total. The van der Waals surface area contributed by atoms with E-state index in [9.17, 15) is 4.79 Å². The molecule has 0 aromatic heterocycles. The molecule has 0 aliphatic rings. The van der Waals surface area contributed by atoms with Crippen molar-refractivity contribution >= 4 is 16.5 Å². The normalized spacial score (nSPS) is 10.1. The Morgan fingerprint density at radius 1 is 1.12 bits per heavy atom. The third-order valence-corrected chi connectivity index (χ3v) is 2.94. The summed E-state index contributed by atoms with van der Waals surface area (Å²) in [5.41, 5.74) is 3.36. The molecule has 1 aromatic carbocycles. The van der Waals surface area contributed by atoms with Crippen molar-refractivity contribution in [2.45, 2.75) is 20.8 Å². The SMILES string of the molecule is COc1c(C)c(C=O)c(C)c(C)c1OC[Si]. The van der Waals surface area contributed by atoms with Crippen LogP contribution < -0.4 is 9.47 Å². The molecule has 0 spiro atoms. The first-order chi connectivity index (χ1) is 7.58. The number of rotatable bonds is 4. The minimum Gasteiger partial charge on any atom is -0.494 e. The first-order valence-corrected chi connectivity index (χ1v) is 5.69. The Kier molecular flexibility index (Phi) is 4.12. The van der Waals surface area contributed by atoms with Crippen molar-refractivity contribution in [2.24, 2.45) is 0 Å². The van der Waals surface area contributed by atoms with E-state index in [4.69, 9.17) is 9.47 Å². The van der Waals surface area contributed by atoms with E-state index in [0.717, 1.165) is 23.0 Å². The van der Waals surface area contributed by atoms with Crippen LogP contribution in [0.1, 0.15) is 27.0 Å². The summed E-state index contributed by atoms with van der Waals surface area (Å²) in [7, 11) is 4.84. The fourth-order valence-electron chi connectivity index (χ4n) is 1.78. The second-order valence-corrected chi connectivity index (χ2v) is 3.85. The number of methoxy groups -OCH3 is 1. The highest BCUT2D eigenvalue weighted by molar-refractivity contribution is 6.08. The molecular weight excluding hydrogens is 220 g/mol. The quantitative estimate of drug-likeness (QED) is 0.591. The zero-order valence-corrected chi connectivity index (χ0v) is 11.0. The van der Waals surface area contributed by atoms with Crippen LogP contribution in [-0.2, 0) is 0 Å². The van der Waals surface area contributed by atoms with Crippen LogP contribution in [0.2, 0.25) is 0 Å². The Labute approximate surface area is 99.2 Å². The van der Waals surface area contributed by atoms with E-state index in [0.29, 0.717) is 23.3 Å². The van der Waals surface area contributed by atoms with Gasteiger partial charge in [-0.3, -0.25) is 4.79 Å². The Morgan fingerprint density at radius 2 is 1.75 bits per heavy atom. The van der Waals surface area contributed by atoms with Crippen LogP contribution in [0.3, 0.4) is 0 Å². The summed E-state index contributed by atoms with van der Waals surface area (Å²) < 4.78 is 10.8. The monoisotopic (exact) mass is 235 g/mol. The highest BCUT2D eigenvalue weighted by Crippen LogP contribution is 2.38. The van der Waals surface area contributed by atoms with Gasteiger partial charge in [0.2, 0.25) is 0 Å². The van der Waals surface area contributed by atoms with Crippen LogP contribution >= 0.6 is 0 Å². The predicted molar refractivity (Wildman–Crippen MR) is 63.8 cm³/mol. The second kappa shape index (κ2) is 5.16. The Morgan fingerprint density at radius 3 is 2.19 bits per heavy atom. The van der Waals surface area contributed by atoms with Crippen LogP contribution in [0, 0.1) is 20.8 Å². The number of hydrogen-bond acceptors (Lipinski definition) is 3. The van der Waals surface area contributed by atoms with Gasteiger partial charge < -0.3 is 9.47 Å². The zero-order valence-electron chi connectivity index (χ0n) is 10.0. The van der Waals surface area contributed by atoms with Crippen LogP contribution in [0.15, 0.2) is 0 Å². The van der Waals surface area contributed by atoms with Crippen molar-refractivity contribution < 1.29 is 14.3 Å². The third kappa shape index (κ3) is 1.97. The summed E-state index contributed by atoms with van der Waals surface area (Å²) in [6.07, 6.45) is 1.24. The molecule has 0 atom stereocenters. The van der Waals surface area contributed by atoms with Gasteiger partial charge in [0.25, 0.3) is 0 Å². The van der Waals surface area contributed by atoms with Crippen molar-refractivity contribution in [1.29, 1.82) is 0 Å². The predicted octanol–water partition coefficient (Wildman–Crippen LogP) is 1.94. The number of benzene rings is 1. The molecule has 0 saturated carbocycles. The molecule has 0 aliphatic heterocycles. The van der Waals surface area contributed by atoms with Gasteiger partial charge in [0.1, 0.15) is 0 Å². The first-order valence-electron chi connectivity index (χ1n) is 4.98. The second-order valence-electron chi connectivity index (χ2n) is 3.56. The minimum absolute atomic E-state index is 0.385. The molecule has 0 N–H and O–H groups in total. The molecule has 0 heterocycles. The summed E-state index contributed by atoms with van der Waals surface area (Å²) in [4.78, 5) is 11.0. The first kappa shape index (κ1) is 12.8. The van der Waals surface area contributed by atoms with E-state index in [2.05, 4.69) is 10.2 Å². The maximum atomic E-state index is 11.0. The van der Waals surface area contributed by atoms with Crippen LogP contribution in [0.5, 0.6) is 11.5 Å². The van der Waals surface area contributed by atoms with E-state index in [1.807, 2.05) is 20.8 Å². The highest BCUT2D eigenvalue weighted by atomic mass is 28.1. The van der Waals surface area contributed by atoms with Gasteiger partial charge in [-0.2, -0.15) is 0 Å². The highest BCUT2D eigenvalue weighted by Gasteiger charge is 2.18. The lowest BCUT2D eigenvalue weighted by atomic mass is 9.97. The molecule has 85 valence electrons. The van der Waals surface area contributed by atoms with Crippen molar-refractivity contribution in [1.82, 2.24) is 0 Å². The smallest absolute Gasteiger partial charge is 0.164 e. The van der Waals surface area contributed by atoms with Crippen molar-refractivity contribution in [3.05, 3.63) is 22.3 Å². The molecule has 0 saturated heterocycles. The Bertz CT molecular complexity index is 413. The number of ether oxygens (including phenoxy) is 2. The summed E-state index contributed by atoms with van der Waals surface area (Å²) in [6.45, 7) is 5.68. The van der Waals surface area contributed by atoms with Gasteiger partial charge in [0.15, 0.2) is 17.8 Å². The van der Waals surface area contributed by atoms with Gasteiger partial charge in [-0.05, 0) is 31.9 Å². The molecule has 16 heavy (non-hydrogen) atoms.